The fraction of sp³-hybridized carbons (Fsp3) is 0.333. The van der Waals surface area contributed by atoms with E-state index in [1.54, 1.807) is 23.5 Å². The number of nitro benzene ring substituents is 1. The maximum Gasteiger partial charge on any atom is 0.269 e. The van der Waals surface area contributed by atoms with E-state index in [-0.39, 0.29) is 5.69 Å². The largest absolute Gasteiger partial charge is 0.308 e. The molecule has 0 amide bonds. The lowest BCUT2D eigenvalue weighted by atomic mass is 10.2. The Morgan fingerprint density at radius 2 is 2.11 bits per heavy atom. The number of hydrogen-bond acceptors (Lipinski definition) is 6. The van der Waals surface area contributed by atoms with Crippen molar-refractivity contribution in [2.75, 3.05) is 6.54 Å². The molecule has 0 unspecified atom stereocenters. The Morgan fingerprint density at radius 3 is 2.74 bits per heavy atom. The molecular weight excluding hydrogens is 264 g/mol. The summed E-state index contributed by atoms with van der Waals surface area (Å²) in [6, 6.07) is 6.72. The summed E-state index contributed by atoms with van der Waals surface area (Å²) in [6.45, 7) is 1.02. The third kappa shape index (κ3) is 2.47. The molecule has 0 bridgehead atoms. The molecule has 19 heavy (non-hydrogen) atoms. The summed E-state index contributed by atoms with van der Waals surface area (Å²) in [7, 11) is 0. The van der Waals surface area contributed by atoms with Gasteiger partial charge < -0.3 is 5.32 Å². The third-order valence-electron chi connectivity index (χ3n) is 3.12. The second-order valence-electron chi connectivity index (χ2n) is 4.40. The molecule has 0 radical (unpaired) electrons. The van der Waals surface area contributed by atoms with Crippen LogP contribution >= 0.6 is 11.3 Å². The van der Waals surface area contributed by atoms with Crippen LogP contribution in [0.15, 0.2) is 24.3 Å². The monoisotopic (exact) mass is 276 g/mol. The number of nitrogens with one attached hydrogen (secondary N) is 1. The van der Waals surface area contributed by atoms with Gasteiger partial charge in [-0.25, -0.2) is 0 Å². The Labute approximate surface area is 113 Å². The zero-order chi connectivity index (χ0) is 13.2. The van der Waals surface area contributed by atoms with E-state index in [0.717, 1.165) is 35.0 Å². The third-order valence-corrected chi connectivity index (χ3v) is 4.21. The van der Waals surface area contributed by atoms with Gasteiger partial charge in [0.1, 0.15) is 10.0 Å². The fourth-order valence-corrected chi connectivity index (χ4v) is 3.07. The van der Waals surface area contributed by atoms with E-state index < -0.39 is 4.92 Å². The SMILES string of the molecule is O=[N+]([O-])c1ccc(-c2nnc([C@@H]3CCCN3)s2)cc1. The average Bonchev–Trinajstić information content (AvgIpc) is 3.10. The van der Waals surface area contributed by atoms with E-state index in [2.05, 4.69) is 15.5 Å². The summed E-state index contributed by atoms with van der Waals surface area (Å²) < 4.78 is 0. The summed E-state index contributed by atoms with van der Waals surface area (Å²) in [5.41, 5.74) is 0.957. The highest BCUT2D eigenvalue weighted by Crippen LogP contribution is 2.31. The zero-order valence-electron chi connectivity index (χ0n) is 10.1. The molecular formula is C12H12N4O2S. The summed E-state index contributed by atoms with van der Waals surface area (Å²) >= 11 is 1.54. The molecule has 2 heterocycles. The van der Waals surface area contributed by atoms with E-state index in [1.807, 2.05) is 0 Å². The van der Waals surface area contributed by atoms with Gasteiger partial charge >= 0.3 is 0 Å². The Bertz CT molecular complexity index is 590. The highest BCUT2D eigenvalue weighted by atomic mass is 32.1. The second-order valence-corrected chi connectivity index (χ2v) is 5.41. The lowest BCUT2D eigenvalue weighted by molar-refractivity contribution is -0.384. The molecule has 1 fully saturated rings. The van der Waals surface area contributed by atoms with Gasteiger partial charge in [-0.2, -0.15) is 0 Å². The number of aromatic nitrogens is 2. The van der Waals surface area contributed by atoms with Crippen molar-refractivity contribution < 1.29 is 4.92 Å². The van der Waals surface area contributed by atoms with Crippen molar-refractivity contribution in [3.05, 3.63) is 39.4 Å². The first-order valence-corrected chi connectivity index (χ1v) is 6.87. The molecule has 2 aromatic rings. The minimum absolute atomic E-state index is 0.0888. The molecule has 7 heteroatoms. The molecule has 1 aliphatic heterocycles. The molecule has 1 N–H and O–H groups in total. The zero-order valence-corrected chi connectivity index (χ0v) is 10.9. The van der Waals surface area contributed by atoms with Crippen LogP contribution in [0.25, 0.3) is 10.6 Å². The normalized spacial score (nSPS) is 18.6. The van der Waals surface area contributed by atoms with Crippen LogP contribution in [0.5, 0.6) is 0 Å². The maximum absolute atomic E-state index is 10.6. The maximum atomic E-state index is 10.6. The molecule has 0 aliphatic carbocycles. The van der Waals surface area contributed by atoms with Crippen LogP contribution in [0.1, 0.15) is 23.9 Å². The van der Waals surface area contributed by atoms with Gasteiger partial charge in [-0.05, 0) is 31.5 Å². The van der Waals surface area contributed by atoms with Crippen LogP contribution in [0.3, 0.4) is 0 Å². The lowest BCUT2D eigenvalue weighted by Gasteiger charge is -2.02. The molecule has 6 nitrogen and oxygen atoms in total. The van der Waals surface area contributed by atoms with E-state index in [1.165, 1.54) is 12.1 Å². The second kappa shape index (κ2) is 5.02. The first-order valence-electron chi connectivity index (χ1n) is 6.05. The van der Waals surface area contributed by atoms with Crippen molar-refractivity contribution in [3.63, 3.8) is 0 Å². The topological polar surface area (TPSA) is 81.0 Å². The number of nitrogens with zero attached hydrogens (tertiary/aromatic N) is 3. The van der Waals surface area contributed by atoms with E-state index >= 15 is 0 Å². The molecule has 1 aromatic heterocycles. The molecule has 1 atom stereocenters. The summed E-state index contributed by atoms with van der Waals surface area (Å²) in [4.78, 5) is 10.2. The first kappa shape index (κ1) is 12.2. The minimum atomic E-state index is -0.405. The van der Waals surface area contributed by atoms with Gasteiger partial charge in [-0.15, -0.1) is 10.2 Å². The van der Waals surface area contributed by atoms with Gasteiger partial charge in [0.05, 0.1) is 11.0 Å². The van der Waals surface area contributed by atoms with E-state index in [0.29, 0.717) is 6.04 Å². The predicted molar refractivity (Wildman–Crippen MR) is 72.0 cm³/mol. The molecule has 1 aromatic carbocycles. The van der Waals surface area contributed by atoms with Gasteiger partial charge in [0.2, 0.25) is 0 Å². The minimum Gasteiger partial charge on any atom is -0.308 e. The van der Waals surface area contributed by atoms with Crippen molar-refractivity contribution in [2.45, 2.75) is 18.9 Å². The van der Waals surface area contributed by atoms with Crippen LogP contribution in [0.2, 0.25) is 0 Å². The molecule has 98 valence electrons. The van der Waals surface area contributed by atoms with Crippen LogP contribution in [0.4, 0.5) is 5.69 Å². The number of nitro groups is 1. The van der Waals surface area contributed by atoms with Gasteiger partial charge in [0, 0.05) is 17.7 Å². The number of rotatable bonds is 3. The van der Waals surface area contributed by atoms with E-state index in [4.69, 9.17) is 0 Å². The van der Waals surface area contributed by atoms with Crippen molar-refractivity contribution >= 4 is 17.0 Å². The number of non-ortho nitro benzene ring substituents is 1. The van der Waals surface area contributed by atoms with Crippen molar-refractivity contribution in [2.24, 2.45) is 0 Å². The standard InChI is InChI=1S/C12H12N4O2S/c17-16(18)9-5-3-8(4-6-9)11-14-15-12(19-11)10-2-1-7-13-10/h3-6,10,13H,1-2,7H2/t10-/m0/s1. The Morgan fingerprint density at radius 1 is 1.32 bits per heavy atom. The highest BCUT2D eigenvalue weighted by Gasteiger charge is 2.20. The molecule has 1 aliphatic rings. The van der Waals surface area contributed by atoms with Gasteiger partial charge in [-0.3, -0.25) is 10.1 Å². The summed E-state index contributed by atoms with van der Waals surface area (Å²) in [5.74, 6) is 0. The van der Waals surface area contributed by atoms with Crippen molar-refractivity contribution in [1.82, 2.24) is 15.5 Å². The Hall–Kier alpha value is -1.86. The fourth-order valence-electron chi connectivity index (χ4n) is 2.11. The van der Waals surface area contributed by atoms with Crippen molar-refractivity contribution in [3.8, 4) is 10.6 Å². The van der Waals surface area contributed by atoms with Crippen LogP contribution in [0, 0.1) is 10.1 Å². The van der Waals surface area contributed by atoms with Gasteiger partial charge in [0.15, 0.2) is 0 Å². The average molecular weight is 276 g/mol. The Kier molecular flexibility index (Phi) is 3.22. The quantitative estimate of drug-likeness (QED) is 0.688. The highest BCUT2D eigenvalue weighted by molar-refractivity contribution is 7.14. The number of benzene rings is 1. The van der Waals surface area contributed by atoms with Crippen LogP contribution in [-0.2, 0) is 0 Å². The summed E-state index contributed by atoms with van der Waals surface area (Å²) in [6.07, 6.45) is 2.26. The van der Waals surface area contributed by atoms with Gasteiger partial charge in [0.25, 0.3) is 5.69 Å². The lowest BCUT2D eigenvalue weighted by Crippen LogP contribution is -2.12. The van der Waals surface area contributed by atoms with Gasteiger partial charge in [-0.1, -0.05) is 11.3 Å². The first-order chi connectivity index (χ1) is 9.24. The molecule has 3 rings (SSSR count). The van der Waals surface area contributed by atoms with Crippen molar-refractivity contribution in [1.29, 1.82) is 0 Å². The molecule has 0 spiro atoms. The van der Waals surface area contributed by atoms with E-state index in [9.17, 15) is 10.1 Å². The summed E-state index contributed by atoms with van der Waals surface area (Å²) in [5, 5.41) is 24.1. The predicted octanol–water partition coefficient (Wildman–Crippen LogP) is 2.54. The molecule has 1 saturated heterocycles. The molecule has 0 saturated carbocycles. The number of hydrogen-bond donors (Lipinski definition) is 1. The Balaban J connectivity index is 1.83. The van der Waals surface area contributed by atoms with Crippen LogP contribution in [-0.4, -0.2) is 21.7 Å². The van der Waals surface area contributed by atoms with Crippen LogP contribution < -0.4 is 5.32 Å². The smallest absolute Gasteiger partial charge is 0.269 e.